The van der Waals surface area contributed by atoms with E-state index < -0.39 is 0 Å². The molecule has 2 fully saturated rings. The van der Waals surface area contributed by atoms with Crippen LogP contribution in [-0.2, 0) is 10.3 Å². The molecule has 130 valence electrons. The molecule has 0 bridgehead atoms. The molecule has 1 aliphatic carbocycles. The van der Waals surface area contributed by atoms with E-state index in [-0.39, 0.29) is 23.9 Å². The second-order valence-electron chi connectivity index (χ2n) is 7.14. The summed E-state index contributed by atoms with van der Waals surface area (Å²) in [5.74, 6) is 0. The number of rotatable bonds is 6. The van der Waals surface area contributed by atoms with Gasteiger partial charge in [0.2, 0.25) is 0 Å². The summed E-state index contributed by atoms with van der Waals surface area (Å²) in [6.07, 6.45) is 6.74. The Morgan fingerprint density at radius 1 is 1.39 bits per heavy atom. The van der Waals surface area contributed by atoms with Gasteiger partial charge in [0, 0.05) is 37.8 Å². The van der Waals surface area contributed by atoms with Crippen molar-refractivity contribution < 1.29 is 9.84 Å². The molecule has 3 unspecified atom stereocenters. The highest BCUT2D eigenvalue weighted by Gasteiger charge is 2.38. The molecule has 1 aromatic heterocycles. The molecule has 23 heavy (non-hydrogen) atoms. The topological polar surface area (TPSA) is 57.6 Å². The van der Waals surface area contributed by atoms with E-state index in [0.29, 0.717) is 13.1 Å². The van der Waals surface area contributed by atoms with Crippen molar-refractivity contribution in [2.45, 2.75) is 63.4 Å². The standard InChI is InChI=1S/C17H29N3O2S/c1-13-10-20(11-14(2)22-13)12-15(21)9-19-17(5-3-4-6-17)16-18-7-8-23-16/h7-8,13-15,19,21H,3-6,9-12H2,1-2H3. The van der Waals surface area contributed by atoms with Gasteiger partial charge in [-0.2, -0.15) is 0 Å². The minimum Gasteiger partial charge on any atom is -0.390 e. The fraction of sp³-hybridized carbons (Fsp3) is 0.824. The summed E-state index contributed by atoms with van der Waals surface area (Å²) in [4.78, 5) is 6.85. The van der Waals surface area contributed by atoms with Crippen LogP contribution in [0.5, 0.6) is 0 Å². The molecule has 1 saturated heterocycles. The SMILES string of the molecule is CC1CN(CC(O)CNC2(c3nccs3)CCCC2)CC(C)O1. The van der Waals surface area contributed by atoms with Gasteiger partial charge in [0.1, 0.15) is 5.01 Å². The van der Waals surface area contributed by atoms with Crippen molar-refractivity contribution in [1.82, 2.24) is 15.2 Å². The highest BCUT2D eigenvalue weighted by Crippen LogP contribution is 2.39. The zero-order chi connectivity index (χ0) is 16.3. The van der Waals surface area contributed by atoms with Crippen LogP contribution in [0.3, 0.4) is 0 Å². The van der Waals surface area contributed by atoms with Crippen molar-refractivity contribution in [3.63, 3.8) is 0 Å². The molecule has 2 aliphatic rings. The van der Waals surface area contributed by atoms with Crippen LogP contribution in [-0.4, -0.2) is 59.5 Å². The molecular weight excluding hydrogens is 310 g/mol. The quantitative estimate of drug-likeness (QED) is 0.830. The first-order valence-corrected chi connectivity index (χ1v) is 9.66. The van der Waals surface area contributed by atoms with Gasteiger partial charge in [-0.05, 0) is 26.7 Å². The predicted molar refractivity (Wildman–Crippen MR) is 92.7 cm³/mol. The Kier molecular flexibility index (Phi) is 5.69. The molecule has 0 amide bonds. The lowest BCUT2D eigenvalue weighted by Crippen LogP contribution is -2.51. The Hall–Kier alpha value is -0.530. The molecule has 1 saturated carbocycles. The molecule has 3 atom stereocenters. The van der Waals surface area contributed by atoms with Crippen LogP contribution in [0.4, 0.5) is 0 Å². The van der Waals surface area contributed by atoms with Crippen molar-refractivity contribution in [1.29, 1.82) is 0 Å². The lowest BCUT2D eigenvalue weighted by atomic mass is 9.98. The Morgan fingerprint density at radius 2 is 2.09 bits per heavy atom. The number of nitrogens with one attached hydrogen (secondary N) is 1. The van der Waals surface area contributed by atoms with Crippen LogP contribution in [0.25, 0.3) is 0 Å². The van der Waals surface area contributed by atoms with Crippen molar-refractivity contribution >= 4 is 11.3 Å². The monoisotopic (exact) mass is 339 g/mol. The number of β-amino-alcohol motifs (C(OH)–C–C–N with tert-alkyl or cyclic N) is 1. The third-order valence-electron chi connectivity index (χ3n) is 4.94. The molecule has 0 spiro atoms. The number of hydrogen-bond donors (Lipinski definition) is 2. The lowest BCUT2D eigenvalue weighted by molar-refractivity contribution is -0.0765. The second kappa shape index (κ2) is 7.57. The predicted octanol–water partition coefficient (Wildman–Crippen LogP) is 1.97. The summed E-state index contributed by atoms with van der Waals surface area (Å²) >= 11 is 1.72. The molecule has 6 heteroatoms. The molecule has 5 nitrogen and oxygen atoms in total. The second-order valence-corrected chi connectivity index (χ2v) is 8.03. The fourth-order valence-corrected chi connectivity index (χ4v) is 4.89. The largest absolute Gasteiger partial charge is 0.390 e. The maximum Gasteiger partial charge on any atom is 0.113 e. The fourth-order valence-electron chi connectivity index (χ4n) is 4.01. The van der Waals surface area contributed by atoms with Gasteiger partial charge in [0.25, 0.3) is 0 Å². The van der Waals surface area contributed by atoms with E-state index in [1.54, 1.807) is 11.3 Å². The van der Waals surface area contributed by atoms with Gasteiger partial charge >= 0.3 is 0 Å². The van der Waals surface area contributed by atoms with Crippen LogP contribution < -0.4 is 5.32 Å². The summed E-state index contributed by atoms with van der Waals surface area (Å²) in [5.41, 5.74) is -0.0132. The van der Waals surface area contributed by atoms with Gasteiger partial charge in [0.15, 0.2) is 0 Å². The number of morpholine rings is 1. The molecule has 0 aromatic carbocycles. The van der Waals surface area contributed by atoms with Gasteiger partial charge in [-0.25, -0.2) is 4.98 Å². The first-order valence-electron chi connectivity index (χ1n) is 8.78. The number of thiazole rings is 1. The average molecular weight is 340 g/mol. The summed E-state index contributed by atoms with van der Waals surface area (Å²) in [5, 5.41) is 17.4. The third kappa shape index (κ3) is 4.31. The van der Waals surface area contributed by atoms with Crippen LogP contribution >= 0.6 is 11.3 Å². The van der Waals surface area contributed by atoms with Crippen LogP contribution in [0.15, 0.2) is 11.6 Å². The molecule has 3 rings (SSSR count). The highest BCUT2D eigenvalue weighted by atomic mass is 32.1. The summed E-state index contributed by atoms with van der Waals surface area (Å²) in [7, 11) is 0. The summed E-state index contributed by atoms with van der Waals surface area (Å²) in [6, 6.07) is 0. The third-order valence-corrected chi connectivity index (χ3v) is 5.92. The first kappa shape index (κ1) is 17.3. The van der Waals surface area contributed by atoms with E-state index in [4.69, 9.17) is 4.74 Å². The number of nitrogens with zero attached hydrogens (tertiary/aromatic N) is 2. The molecule has 2 N–H and O–H groups in total. The first-order chi connectivity index (χ1) is 11.1. The van der Waals surface area contributed by atoms with Gasteiger partial charge in [-0.1, -0.05) is 12.8 Å². The van der Waals surface area contributed by atoms with E-state index >= 15 is 0 Å². The zero-order valence-corrected chi connectivity index (χ0v) is 15.0. The van der Waals surface area contributed by atoms with Crippen molar-refractivity contribution in [3.05, 3.63) is 16.6 Å². The number of aliphatic hydroxyl groups is 1. The Labute approximate surface area is 143 Å². The van der Waals surface area contributed by atoms with Crippen LogP contribution in [0.1, 0.15) is 44.5 Å². The molecular formula is C17H29N3O2S. The number of hydrogen-bond acceptors (Lipinski definition) is 6. The van der Waals surface area contributed by atoms with Crippen molar-refractivity contribution in [3.8, 4) is 0 Å². The average Bonchev–Trinajstić information content (AvgIpc) is 3.16. The van der Waals surface area contributed by atoms with Gasteiger partial charge in [-0.15, -0.1) is 11.3 Å². The van der Waals surface area contributed by atoms with E-state index in [1.165, 1.54) is 17.8 Å². The molecule has 0 radical (unpaired) electrons. The van der Waals surface area contributed by atoms with Gasteiger partial charge < -0.3 is 15.2 Å². The van der Waals surface area contributed by atoms with Gasteiger partial charge in [-0.3, -0.25) is 4.90 Å². The number of ether oxygens (including phenoxy) is 1. The van der Waals surface area contributed by atoms with E-state index in [0.717, 1.165) is 25.9 Å². The lowest BCUT2D eigenvalue weighted by Gasteiger charge is -2.37. The minimum atomic E-state index is -0.357. The van der Waals surface area contributed by atoms with E-state index in [9.17, 15) is 5.11 Å². The summed E-state index contributed by atoms with van der Waals surface area (Å²) in [6.45, 7) is 7.34. The molecule has 2 heterocycles. The highest BCUT2D eigenvalue weighted by molar-refractivity contribution is 7.09. The number of aromatic nitrogens is 1. The smallest absolute Gasteiger partial charge is 0.113 e. The van der Waals surface area contributed by atoms with E-state index in [1.807, 2.05) is 11.6 Å². The Morgan fingerprint density at radius 3 is 2.70 bits per heavy atom. The zero-order valence-electron chi connectivity index (χ0n) is 14.2. The van der Waals surface area contributed by atoms with E-state index in [2.05, 4.69) is 29.0 Å². The van der Waals surface area contributed by atoms with Crippen LogP contribution in [0, 0.1) is 0 Å². The van der Waals surface area contributed by atoms with Crippen LogP contribution in [0.2, 0.25) is 0 Å². The number of aliphatic hydroxyl groups excluding tert-OH is 1. The van der Waals surface area contributed by atoms with Gasteiger partial charge in [0.05, 0.1) is 23.9 Å². The summed E-state index contributed by atoms with van der Waals surface area (Å²) < 4.78 is 5.76. The molecule has 1 aromatic rings. The normalized spacial score (nSPS) is 29.7. The molecule has 1 aliphatic heterocycles. The minimum absolute atomic E-state index is 0.0132. The van der Waals surface area contributed by atoms with Crippen molar-refractivity contribution in [2.24, 2.45) is 0 Å². The maximum absolute atomic E-state index is 10.5. The van der Waals surface area contributed by atoms with Crippen molar-refractivity contribution in [2.75, 3.05) is 26.2 Å². The Bertz CT molecular complexity index is 466. The Balaban J connectivity index is 1.52. The maximum atomic E-state index is 10.5.